The largest absolute Gasteiger partial charge is 0.496 e. The van der Waals surface area contributed by atoms with Gasteiger partial charge in [-0.05, 0) is 48.7 Å². The molecular formula is C17H19NO3. The molecule has 2 aromatic rings. The summed E-state index contributed by atoms with van der Waals surface area (Å²) in [6.45, 7) is 4.58. The molecule has 0 aliphatic carbocycles. The zero-order chi connectivity index (χ0) is 15.4. The summed E-state index contributed by atoms with van der Waals surface area (Å²) in [6, 6.07) is 11.1. The second-order valence-corrected chi connectivity index (χ2v) is 4.99. The number of aryl methyl sites for hydroxylation is 2. The molecule has 0 fully saturated rings. The molecule has 2 aromatic carbocycles. The number of carboxylic acids is 1. The Labute approximate surface area is 124 Å². The van der Waals surface area contributed by atoms with Gasteiger partial charge in [0.2, 0.25) is 0 Å². The van der Waals surface area contributed by atoms with Crippen LogP contribution in [-0.2, 0) is 6.54 Å². The fourth-order valence-corrected chi connectivity index (χ4v) is 2.19. The van der Waals surface area contributed by atoms with Crippen molar-refractivity contribution in [2.75, 3.05) is 12.4 Å². The van der Waals surface area contributed by atoms with Crippen LogP contribution in [0, 0.1) is 13.8 Å². The molecule has 0 radical (unpaired) electrons. The van der Waals surface area contributed by atoms with Gasteiger partial charge in [-0.3, -0.25) is 0 Å². The monoisotopic (exact) mass is 285 g/mol. The number of nitrogens with one attached hydrogen (secondary N) is 1. The molecule has 0 aromatic heterocycles. The number of benzene rings is 2. The zero-order valence-corrected chi connectivity index (χ0v) is 12.4. The van der Waals surface area contributed by atoms with Gasteiger partial charge in [-0.25, -0.2) is 4.79 Å². The summed E-state index contributed by atoms with van der Waals surface area (Å²) >= 11 is 0. The molecule has 21 heavy (non-hydrogen) atoms. The molecule has 110 valence electrons. The molecule has 2 N–H and O–H groups in total. The molecule has 4 nitrogen and oxygen atoms in total. The average molecular weight is 285 g/mol. The first-order valence-corrected chi connectivity index (χ1v) is 6.72. The van der Waals surface area contributed by atoms with Crippen molar-refractivity contribution in [2.45, 2.75) is 20.4 Å². The van der Waals surface area contributed by atoms with Gasteiger partial charge in [0.25, 0.3) is 0 Å². The second kappa shape index (κ2) is 6.31. The standard InChI is InChI=1S/C17H19NO3/c1-11-4-6-14(17(19)20)9-15(11)18-10-13-5-7-16(21-3)12(2)8-13/h4-9,18H,10H2,1-3H3,(H,19,20). The number of hydrogen-bond donors (Lipinski definition) is 2. The quantitative estimate of drug-likeness (QED) is 0.881. The van der Waals surface area contributed by atoms with E-state index >= 15 is 0 Å². The Morgan fingerprint density at radius 3 is 2.52 bits per heavy atom. The molecule has 0 heterocycles. The number of hydrogen-bond acceptors (Lipinski definition) is 3. The Morgan fingerprint density at radius 1 is 1.14 bits per heavy atom. The van der Waals surface area contributed by atoms with Crippen LogP contribution in [0.3, 0.4) is 0 Å². The fraction of sp³-hybridized carbons (Fsp3) is 0.235. The molecule has 0 spiro atoms. The SMILES string of the molecule is COc1ccc(CNc2cc(C(=O)O)ccc2C)cc1C. The van der Waals surface area contributed by atoms with E-state index in [2.05, 4.69) is 11.4 Å². The average Bonchev–Trinajstić information content (AvgIpc) is 2.46. The lowest BCUT2D eigenvalue weighted by Gasteiger charge is -2.12. The number of carboxylic acid groups (broad SMARTS) is 1. The minimum absolute atomic E-state index is 0.286. The Hall–Kier alpha value is -2.49. The molecule has 2 rings (SSSR count). The summed E-state index contributed by atoms with van der Waals surface area (Å²) < 4.78 is 5.24. The Morgan fingerprint density at radius 2 is 1.90 bits per heavy atom. The molecule has 0 unspecified atom stereocenters. The predicted molar refractivity (Wildman–Crippen MR) is 83.2 cm³/mol. The molecule has 0 saturated heterocycles. The van der Waals surface area contributed by atoms with Crippen LogP contribution in [0.25, 0.3) is 0 Å². The van der Waals surface area contributed by atoms with Gasteiger partial charge in [0.05, 0.1) is 12.7 Å². The highest BCUT2D eigenvalue weighted by atomic mass is 16.5. The predicted octanol–water partition coefficient (Wildman–Crippen LogP) is 3.62. The minimum atomic E-state index is -0.918. The maximum Gasteiger partial charge on any atom is 0.335 e. The summed E-state index contributed by atoms with van der Waals surface area (Å²) in [5.74, 6) is -0.0545. The van der Waals surface area contributed by atoms with Crippen molar-refractivity contribution < 1.29 is 14.6 Å². The van der Waals surface area contributed by atoms with E-state index in [-0.39, 0.29) is 5.56 Å². The maximum absolute atomic E-state index is 11.0. The molecule has 0 amide bonds. The molecule has 0 atom stereocenters. The van der Waals surface area contributed by atoms with Gasteiger partial charge < -0.3 is 15.2 Å². The maximum atomic E-state index is 11.0. The molecule has 4 heteroatoms. The van der Waals surface area contributed by atoms with E-state index < -0.39 is 5.97 Å². The number of aromatic carboxylic acids is 1. The molecule has 0 saturated carbocycles. The molecule has 0 bridgehead atoms. The van der Waals surface area contributed by atoms with E-state index in [1.54, 1.807) is 19.2 Å². The van der Waals surface area contributed by atoms with E-state index in [4.69, 9.17) is 9.84 Å². The van der Waals surface area contributed by atoms with Crippen LogP contribution in [0.1, 0.15) is 27.0 Å². The van der Waals surface area contributed by atoms with Crippen molar-refractivity contribution in [3.05, 3.63) is 58.7 Å². The zero-order valence-electron chi connectivity index (χ0n) is 12.4. The van der Waals surface area contributed by atoms with Crippen molar-refractivity contribution in [1.29, 1.82) is 0 Å². The number of carbonyl (C=O) groups is 1. The van der Waals surface area contributed by atoms with Gasteiger partial charge in [0, 0.05) is 12.2 Å². The summed E-state index contributed by atoms with van der Waals surface area (Å²) in [6.07, 6.45) is 0. The molecule has 0 aliphatic heterocycles. The topological polar surface area (TPSA) is 58.6 Å². The van der Waals surface area contributed by atoms with Crippen LogP contribution >= 0.6 is 0 Å². The number of rotatable bonds is 5. The van der Waals surface area contributed by atoms with Crippen LogP contribution in [0.4, 0.5) is 5.69 Å². The number of ether oxygens (including phenoxy) is 1. The summed E-state index contributed by atoms with van der Waals surface area (Å²) in [7, 11) is 1.65. The van der Waals surface area contributed by atoms with Crippen molar-refractivity contribution in [3.8, 4) is 5.75 Å². The van der Waals surface area contributed by atoms with E-state index in [9.17, 15) is 4.79 Å². The lowest BCUT2D eigenvalue weighted by molar-refractivity contribution is 0.0697. The van der Waals surface area contributed by atoms with E-state index in [0.29, 0.717) is 6.54 Å². The second-order valence-electron chi connectivity index (χ2n) is 4.99. The lowest BCUT2D eigenvalue weighted by Crippen LogP contribution is -2.04. The number of anilines is 1. The van der Waals surface area contributed by atoms with Gasteiger partial charge in [-0.15, -0.1) is 0 Å². The molecule has 0 aliphatic rings. The minimum Gasteiger partial charge on any atom is -0.496 e. The highest BCUT2D eigenvalue weighted by Gasteiger charge is 2.06. The van der Waals surface area contributed by atoms with Crippen molar-refractivity contribution in [2.24, 2.45) is 0 Å². The van der Waals surface area contributed by atoms with E-state index in [1.165, 1.54) is 0 Å². The number of methoxy groups -OCH3 is 1. The van der Waals surface area contributed by atoms with Crippen molar-refractivity contribution in [3.63, 3.8) is 0 Å². The third kappa shape index (κ3) is 3.54. The van der Waals surface area contributed by atoms with Crippen LogP contribution < -0.4 is 10.1 Å². The fourth-order valence-electron chi connectivity index (χ4n) is 2.19. The normalized spacial score (nSPS) is 10.2. The first-order valence-electron chi connectivity index (χ1n) is 6.72. The van der Waals surface area contributed by atoms with Gasteiger partial charge >= 0.3 is 5.97 Å². The van der Waals surface area contributed by atoms with Gasteiger partial charge in [0.1, 0.15) is 5.75 Å². The summed E-state index contributed by atoms with van der Waals surface area (Å²) in [4.78, 5) is 11.0. The summed E-state index contributed by atoms with van der Waals surface area (Å²) in [5, 5.41) is 12.3. The van der Waals surface area contributed by atoms with Crippen molar-refractivity contribution >= 4 is 11.7 Å². The summed E-state index contributed by atoms with van der Waals surface area (Å²) in [5.41, 5.74) is 4.34. The van der Waals surface area contributed by atoms with E-state index in [1.807, 2.05) is 32.0 Å². The van der Waals surface area contributed by atoms with Crippen LogP contribution in [0.15, 0.2) is 36.4 Å². The highest BCUT2D eigenvalue weighted by Crippen LogP contribution is 2.21. The Bertz CT molecular complexity index is 665. The highest BCUT2D eigenvalue weighted by molar-refractivity contribution is 5.89. The van der Waals surface area contributed by atoms with Gasteiger partial charge in [-0.2, -0.15) is 0 Å². The first kappa shape index (κ1) is 14.9. The third-order valence-corrected chi connectivity index (χ3v) is 3.43. The molecular weight excluding hydrogens is 266 g/mol. The lowest BCUT2D eigenvalue weighted by atomic mass is 10.1. The third-order valence-electron chi connectivity index (χ3n) is 3.43. The first-order chi connectivity index (χ1) is 10.0. The smallest absolute Gasteiger partial charge is 0.335 e. The Balaban J connectivity index is 2.14. The Kier molecular flexibility index (Phi) is 4.48. The van der Waals surface area contributed by atoms with Gasteiger partial charge in [0.15, 0.2) is 0 Å². The van der Waals surface area contributed by atoms with Crippen LogP contribution in [-0.4, -0.2) is 18.2 Å². The van der Waals surface area contributed by atoms with Gasteiger partial charge in [-0.1, -0.05) is 18.2 Å². The van der Waals surface area contributed by atoms with Crippen LogP contribution in [0.2, 0.25) is 0 Å². The van der Waals surface area contributed by atoms with E-state index in [0.717, 1.165) is 28.1 Å². The van der Waals surface area contributed by atoms with Crippen molar-refractivity contribution in [1.82, 2.24) is 0 Å². The van der Waals surface area contributed by atoms with Crippen LogP contribution in [0.5, 0.6) is 5.75 Å².